The summed E-state index contributed by atoms with van der Waals surface area (Å²) in [5.41, 5.74) is 1.60. The van der Waals surface area contributed by atoms with E-state index in [2.05, 4.69) is 34.2 Å². The van der Waals surface area contributed by atoms with Crippen LogP contribution in [0.1, 0.15) is 60.4 Å². The molecule has 1 aliphatic rings. The number of aromatic nitrogens is 4. The molecule has 3 rings (SSSR count). The summed E-state index contributed by atoms with van der Waals surface area (Å²) in [5.74, 6) is 2.01. The molecule has 0 spiro atoms. The molecule has 0 aromatic carbocycles. The average molecular weight is 317 g/mol. The predicted octanol–water partition coefficient (Wildman–Crippen LogP) is 2.32. The average Bonchev–Trinajstić information content (AvgIpc) is 3.16. The molecule has 3 heterocycles. The van der Waals surface area contributed by atoms with Crippen LogP contribution in [-0.4, -0.2) is 44.2 Å². The van der Waals surface area contributed by atoms with Crippen LogP contribution in [0, 0.1) is 12.8 Å². The first kappa shape index (κ1) is 15.7. The summed E-state index contributed by atoms with van der Waals surface area (Å²) in [6.07, 6.45) is 4.48. The van der Waals surface area contributed by atoms with Crippen LogP contribution in [0.5, 0.6) is 0 Å². The van der Waals surface area contributed by atoms with E-state index >= 15 is 0 Å². The van der Waals surface area contributed by atoms with E-state index in [1.54, 1.807) is 13.1 Å². The number of H-pyrrole nitrogens is 1. The zero-order chi connectivity index (χ0) is 16.4. The summed E-state index contributed by atoms with van der Waals surface area (Å²) >= 11 is 0. The topological polar surface area (TPSA) is 87.9 Å². The van der Waals surface area contributed by atoms with Crippen LogP contribution in [0.15, 0.2) is 10.7 Å². The van der Waals surface area contributed by atoms with Crippen molar-refractivity contribution in [1.82, 2.24) is 25.2 Å². The van der Waals surface area contributed by atoms with Gasteiger partial charge in [-0.25, -0.2) is 0 Å². The molecule has 0 saturated carbocycles. The van der Waals surface area contributed by atoms with Crippen LogP contribution in [-0.2, 0) is 6.42 Å². The fraction of sp³-hybridized carbons (Fsp3) is 0.625. The molecule has 2 aromatic heterocycles. The molecule has 23 heavy (non-hydrogen) atoms. The van der Waals surface area contributed by atoms with Gasteiger partial charge in [0.05, 0.1) is 17.5 Å². The van der Waals surface area contributed by atoms with Crippen LogP contribution in [0.4, 0.5) is 0 Å². The fourth-order valence-electron chi connectivity index (χ4n) is 3.18. The van der Waals surface area contributed by atoms with E-state index in [-0.39, 0.29) is 11.8 Å². The second-order valence-corrected chi connectivity index (χ2v) is 6.55. The first-order chi connectivity index (χ1) is 11.0. The maximum atomic E-state index is 12.8. The van der Waals surface area contributed by atoms with Gasteiger partial charge in [-0.1, -0.05) is 19.0 Å². The highest BCUT2D eigenvalue weighted by molar-refractivity contribution is 5.95. The summed E-state index contributed by atoms with van der Waals surface area (Å²) in [7, 11) is 0. The van der Waals surface area contributed by atoms with Crippen molar-refractivity contribution in [2.24, 2.45) is 5.92 Å². The minimum absolute atomic E-state index is 0.0662. The van der Waals surface area contributed by atoms with Crippen molar-refractivity contribution in [3.63, 3.8) is 0 Å². The number of hydrogen-bond donors (Lipinski definition) is 1. The van der Waals surface area contributed by atoms with Crippen molar-refractivity contribution in [1.29, 1.82) is 0 Å². The monoisotopic (exact) mass is 317 g/mol. The SMILES string of the molecule is Cc1nc(C[C@@H]2CCCN(C(=O)c3cn[nH]c3C(C)C)C2)no1. The second-order valence-electron chi connectivity index (χ2n) is 6.55. The number of carbonyl (C=O) groups excluding carboxylic acids is 1. The largest absolute Gasteiger partial charge is 0.340 e. The van der Waals surface area contributed by atoms with Crippen LogP contribution in [0.25, 0.3) is 0 Å². The van der Waals surface area contributed by atoms with E-state index in [1.165, 1.54) is 0 Å². The maximum Gasteiger partial charge on any atom is 0.257 e. The standard InChI is InChI=1S/C16H23N5O2/c1-10(2)15-13(8-17-19-15)16(22)21-6-4-5-12(9-21)7-14-18-11(3)23-20-14/h8,10,12H,4-7,9H2,1-3H3,(H,17,19)/t12-/m0/s1. The van der Waals surface area contributed by atoms with E-state index in [4.69, 9.17) is 4.52 Å². The smallest absolute Gasteiger partial charge is 0.257 e. The number of amides is 1. The van der Waals surface area contributed by atoms with Gasteiger partial charge in [-0.15, -0.1) is 0 Å². The Morgan fingerprint density at radius 1 is 1.52 bits per heavy atom. The number of carbonyl (C=O) groups is 1. The molecule has 0 radical (unpaired) electrons. The van der Waals surface area contributed by atoms with Gasteiger partial charge in [0.2, 0.25) is 5.89 Å². The van der Waals surface area contributed by atoms with Gasteiger partial charge in [0, 0.05) is 26.4 Å². The molecule has 1 fully saturated rings. The van der Waals surface area contributed by atoms with Crippen molar-refractivity contribution >= 4 is 5.91 Å². The van der Waals surface area contributed by atoms with Gasteiger partial charge < -0.3 is 9.42 Å². The molecule has 0 bridgehead atoms. The quantitative estimate of drug-likeness (QED) is 0.935. The Bertz CT molecular complexity index is 676. The second kappa shape index (κ2) is 6.52. The van der Waals surface area contributed by atoms with E-state index in [0.29, 0.717) is 17.4 Å². The maximum absolute atomic E-state index is 12.8. The molecular weight excluding hydrogens is 294 g/mol. The van der Waals surface area contributed by atoms with Gasteiger partial charge >= 0.3 is 0 Å². The third-order valence-corrected chi connectivity index (χ3v) is 4.32. The molecule has 1 amide bonds. The van der Waals surface area contributed by atoms with E-state index in [9.17, 15) is 4.79 Å². The lowest BCUT2D eigenvalue weighted by atomic mass is 9.93. The number of aryl methyl sites for hydroxylation is 1. The zero-order valence-electron chi connectivity index (χ0n) is 13.9. The van der Waals surface area contributed by atoms with Gasteiger partial charge in [-0.05, 0) is 24.7 Å². The Kier molecular flexibility index (Phi) is 4.45. The van der Waals surface area contributed by atoms with Gasteiger partial charge in [-0.3, -0.25) is 9.89 Å². The van der Waals surface area contributed by atoms with Crippen molar-refractivity contribution in [2.75, 3.05) is 13.1 Å². The van der Waals surface area contributed by atoms with Gasteiger partial charge in [0.15, 0.2) is 5.82 Å². The molecule has 1 aliphatic heterocycles. The van der Waals surface area contributed by atoms with Crippen LogP contribution in [0.3, 0.4) is 0 Å². The highest BCUT2D eigenvalue weighted by Crippen LogP contribution is 2.24. The number of aromatic amines is 1. The van der Waals surface area contributed by atoms with Crippen LogP contribution >= 0.6 is 0 Å². The third-order valence-electron chi connectivity index (χ3n) is 4.32. The number of likely N-dealkylation sites (tertiary alicyclic amines) is 1. The Morgan fingerprint density at radius 2 is 2.35 bits per heavy atom. The van der Waals surface area contributed by atoms with Gasteiger partial charge in [0.25, 0.3) is 5.91 Å². The predicted molar refractivity (Wildman–Crippen MR) is 84.0 cm³/mol. The molecule has 2 aromatic rings. The number of hydrogen-bond acceptors (Lipinski definition) is 5. The van der Waals surface area contributed by atoms with Crippen molar-refractivity contribution < 1.29 is 9.32 Å². The molecule has 0 unspecified atom stereocenters. The summed E-state index contributed by atoms with van der Waals surface area (Å²) in [6, 6.07) is 0. The highest BCUT2D eigenvalue weighted by atomic mass is 16.5. The fourth-order valence-corrected chi connectivity index (χ4v) is 3.18. The van der Waals surface area contributed by atoms with Gasteiger partial charge in [0.1, 0.15) is 0 Å². The number of piperidine rings is 1. The molecular formula is C16H23N5O2. The lowest BCUT2D eigenvalue weighted by Crippen LogP contribution is -2.40. The zero-order valence-corrected chi connectivity index (χ0v) is 13.9. The molecule has 1 saturated heterocycles. The molecule has 7 heteroatoms. The van der Waals surface area contributed by atoms with E-state index in [0.717, 1.165) is 43.9 Å². The molecule has 1 atom stereocenters. The summed E-state index contributed by atoms with van der Waals surface area (Å²) in [5, 5.41) is 11.0. The Hall–Kier alpha value is -2.18. The number of nitrogens with one attached hydrogen (secondary N) is 1. The first-order valence-corrected chi connectivity index (χ1v) is 8.16. The van der Waals surface area contributed by atoms with Gasteiger partial charge in [-0.2, -0.15) is 10.1 Å². The van der Waals surface area contributed by atoms with E-state index in [1.807, 2.05) is 4.90 Å². The normalized spacial score (nSPS) is 18.6. The first-order valence-electron chi connectivity index (χ1n) is 8.16. The Labute approximate surface area is 135 Å². The molecule has 124 valence electrons. The van der Waals surface area contributed by atoms with Crippen LogP contribution in [0.2, 0.25) is 0 Å². The summed E-state index contributed by atoms with van der Waals surface area (Å²) in [6.45, 7) is 7.43. The van der Waals surface area contributed by atoms with Crippen molar-refractivity contribution in [2.45, 2.75) is 46.0 Å². The summed E-state index contributed by atoms with van der Waals surface area (Å²) < 4.78 is 5.03. The van der Waals surface area contributed by atoms with Crippen molar-refractivity contribution in [3.8, 4) is 0 Å². The summed E-state index contributed by atoms with van der Waals surface area (Å²) in [4.78, 5) is 19.0. The van der Waals surface area contributed by atoms with E-state index < -0.39 is 0 Å². The number of nitrogens with zero attached hydrogens (tertiary/aromatic N) is 4. The number of rotatable bonds is 4. The van der Waals surface area contributed by atoms with Crippen molar-refractivity contribution in [3.05, 3.63) is 29.2 Å². The Morgan fingerprint density at radius 3 is 3.04 bits per heavy atom. The third kappa shape index (κ3) is 3.43. The lowest BCUT2D eigenvalue weighted by Gasteiger charge is -2.32. The molecule has 1 N–H and O–H groups in total. The molecule has 0 aliphatic carbocycles. The lowest BCUT2D eigenvalue weighted by molar-refractivity contribution is 0.0670. The van der Waals surface area contributed by atoms with Crippen LogP contribution < -0.4 is 0 Å². The molecule has 7 nitrogen and oxygen atoms in total. The minimum Gasteiger partial charge on any atom is -0.340 e. The highest BCUT2D eigenvalue weighted by Gasteiger charge is 2.28. The Balaban J connectivity index is 1.68. The minimum atomic E-state index is 0.0662.